The summed E-state index contributed by atoms with van der Waals surface area (Å²) >= 11 is 12.1. The second-order valence-electron chi connectivity index (χ2n) is 6.45. The lowest BCUT2D eigenvalue weighted by atomic mass is 10.0. The Morgan fingerprint density at radius 1 is 1.07 bits per heavy atom. The molecule has 27 heavy (non-hydrogen) atoms. The molecule has 1 fully saturated rings. The lowest BCUT2D eigenvalue weighted by Gasteiger charge is -2.33. The van der Waals surface area contributed by atoms with E-state index in [1.54, 1.807) is 18.2 Å². The number of benzene rings is 2. The van der Waals surface area contributed by atoms with Gasteiger partial charge in [-0.3, -0.25) is 9.69 Å². The first-order valence-electron chi connectivity index (χ1n) is 8.57. The number of carbonyl (C=O) groups is 1. The van der Waals surface area contributed by atoms with Crippen molar-refractivity contribution in [1.29, 1.82) is 0 Å². The number of sulfone groups is 1. The fraction of sp³-hybridized carbons (Fsp3) is 0.316. The highest BCUT2D eigenvalue weighted by molar-refractivity contribution is 7.91. The van der Waals surface area contributed by atoms with Crippen LogP contribution in [0, 0.1) is 0 Å². The van der Waals surface area contributed by atoms with Crippen LogP contribution in [0.3, 0.4) is 0 Å². The molecule has 0 aromatic heterocycles. The summed E-state index contributed by atoms with van der Waals surface area (Å²) in [4.78, 5) is 14.9. The van der Waals surface area contributed by atoms with E-state index >= 15 is 0 Å². The highest BCUT2D eigenvalue weighted by Gasteiger charge is 2.32. The standard InChI is InChI=1S/C19H20Cl2N2O3S/c20-16-7-6-15(17(21)12-16)13-22-19(24)18(14-4-2-1-3-5-14)23-8-10-27(25,26)11-9-23/h1-7,12,18H,8-11,13H2,(H,22,24). The summed E-state index contributed by atoms with van der Waals surface area (Å²) in [5, 5.41) is 3.94. The molecule has 0 bridgehead atoms. The number of nitrogens with one attached hydrogen (secondary N) is 1. The predicted molar refractivity (Wildman–Crippen MR) is 108 cm³/mol. The van der Waals surface area contributed by atoms with Gasteiger partial charge in [-0.25, -0.2) is 8.42 Å². The van der Waals surface area contributed by atoms with Gasteiger partial charge in [-0.15, -0.1) is 0 Å². The molecule has 1 unspecified atom stereocenters. The monoisotopic (exact) mass is 426 g/mol. The highest BCUT2D eigenvalue weighted by Crippen LogP contribution is 2.24. The quantitative estimate of drug-likeness (QED) is 0.797. The summed E-state index contributed by atoms with van der Waals surface area (Å²) in [5.41, 5.74) is 1.60. The normalized spacial score (nSPS) is 18.0. The Kier molecular flexibility index (Phi) is 6.42. The number of hydrogen-bond donors (Lipinski definition) is 1. The molecule has 0 aliphatic carbocycles. The van der Waals surface area contributed by atoms with Gasteiger partial charge in [0.05, 0.1) is 11.5 Å². The van der Waals surface area contributed by atoms with Gasteiger partial charge in [-0.05, 0) is 23.3 Å². The van der Waals surface area contributed by atoms with Crippen LogP contribution in [-0.2, 0) is 21.2 Å². The molecule has 1 aliphatic heterocycles. The highest BCUT2D eigenvalue weighted by atomic mass is 35.5. The van der Waals surface area contributed by atoms with Crippen LogP contribution < -0.4 is 5.32 Å². The van der Waals surface area contributed by atoms with Gasteiger partial charge in [0.2, 0.25) is 5.91 Å². The van der Waals surface area contributed by atoms with E-state index in [0.717, 1.165) is 11.1 Å². The Hall–Kier alpha value is -1.60. The zero-order valence-electron chi connectivity index (χ0n) is 14.6. The number of nitrogens with zero attached hydrogens (tertiary/aromatic N) is 1. The second kappa shape index (κ2) is 8.61. The second-order valence-corrected chi connectivity index (χ2v) is 9.60. The van der Waals surface area contributed by atoms with Crippen LogP contribution in [0.15, 0.2) is 48.5 Å². The molecule has 0 radical (unpaired) electrons. The summed E-state index contributed by atoms with van der Waals surface area (Å²) in [5.74, 6) is -0.0642. The number of rotatable bonds is 5. The van der Waals surface area contributed by atoms with Gasteiger partial charge in [0.1, 0.15) is 6.04 Å². The predicted octanol–water partition coefficient (Wildman–Crippen LogP) is 3.08. The molecule has 1 saturated heterocycles. The van der Waals surface area contributed by atoms with Crippen molar-refractivity contribution in [3.8, 4) is 0 Å². The number of halogens is 2. The Bertz CT molecular complexity index is 906. The van der Waals surface area contributed by atoms with E-state index in [1.807, 2.05) is 35.2 Å². The van der Waals surface area contributed by atoms with Gasteiger partial charge in [0, 0.05) is 29.7 Å². The van der Waals surface area contributed by atoms with Gasteiger partial charge < -0.3 is 5.32 Å². The van der Waals surface area contributed by atoms with E-state index in [-0.39, 0.29) is 24.0 Å². The molecule has 2 aromatic rings. The lowest BCUT2D eigenvalue weighted by molar-refractivity contribution is -0.126. The molecule has 1 N–H and O–H groups in total. The number of hydrogen-bond acceptors (Lipinski definition) is 4. The van der Waals surface area contributed by atoms with Crippen LogP contribution in [0.1, 0.15) is 17.2 Å². The SMILES string of the molecule is O=C(NCc1ccc(Cl)cc1Cl)C(c1ccccc1)N1CCS(=O)(=O)CC1. The molecule has 5 nitrogen and oxygen atoms in total. The lowest BCUT2D eigenvalue weighted by Crippen LogP contribution is -2.47. The molecule has 0 saturated carbocycles. The minimum Gasteiger partial charge on any atom is -0.350 e. The van der Waals surface area contributed by atoms with Crippen molar-refractivity contribution >= 4 is 38.9 Å². The van der Waals surface area contributed by atoms with Gasteiger partial charge in [-0.2, -0.15) is 0 Å². The molecule has 2 aromatic carbocycles. The Labute approximate surface area is 169 Å². The minimum atomic E-state index is -3.03. The third kappa shape index (κ3) is 5.23. The van der Waals surface area contributed by atoms with E-state index < -0.39 is 15.9 Å². The van der Waals surface area contributed by atoms with E-state index in [2.05, 4.69) is 5.32 Å². The van der Waals surface area contributed by atoms with Crippen molar-refractivity contribution in [2.45, 2.75) is 12.6 Å². The van der Waals surface area contributed by atoms with Crippen LogP contribution in [0.25, 0.3) is 0 Å². The van der Waals surface area contributed by atoms with Crippen LogP contribution in [0.4, 0.5) is 0 Å². The molecule has 1 atom stereocenters. The van der Waals surface area contributed by atoms with Crippen molar-refractivity contribution in [3.63, 3.8) is 0 Å². The first-order valence-corrected chi connectivity index (χ1v) is 11.1. The Balaban J connectivity index is 1.77. The fourth-order valence-corrected chi connectivity index (χ4v) is 4.80. The maximum absolute atomic E-state index is 13.0. The smallest absolute Gasteiger partial charge is 0.242 e. The average molecular weight is 427 g/mol. The van der Waals surface area contributed by atoms with Crippen molar-refractivity contribution in [2.24, 2.45) is 0 Å². The Morgan fingerprint density at radius 2 is 1.74 bits per heavy atom. The zero-order chi connectivity index (χ0) is 19.4. The van der Waals surface area contributed by atoms with E-state index in [4.69, 9.17) is 23.2 Å². The summed E-state index contributed by atoms with van der Waals surface area (Å²) in [6, 6.07) is 14.0. The summed E-state index contributed by atoms with van der Waals surface area (Å²) in [6.45, 7) is 0.929. The molecule has 8 heteroatoms. The fourth-order valence-electron chi connectivity index (χ4n) is 3.09. The molecule has 144 valence electrons. The molecule has 1 aliphatic rings. The average Bonchev–Trinajstić information content (AvgIpc) is 2.63. The maximum atomic E-state index is 13.0. The third-order valence-corrected chi connectivity index (χ3v) is 6.77. The van der Waals surface area contributed by atoms with Gasteiger partial charge >= 0.3 is 0 Å². The van der Waals surface area contributed by atoms with Crippen molar-refractivity contribution in [2.75, 3.05) is 24.6 Å². The first kappa shape index (κ1) is 20.1. The van der Waals surface area contributed by atoms with Gasteiger partial charge in [0.15, 0.2) is 9.84 Å². The van der Waals surface area contributed by atoms with Gasteiger partial charge in [0.25, 0.3) is 0 Å². The van der Waals surface area contributed by atoms with Crippen LogP contribution in [-0.4, -0.2) is 43.8 Å². The van der Waals surface area contributed by atoms with Crippen molar-refractivity contribution in [1.82, 2.24) is 10.2 Å². The topological polar surface area (TPSA) is 66.5 Å². The number of amides is 1. The maximum Gasteiger partial charge on any atom is 0.242 e. The molecule has 1 amide bonds. The Morgan fingerprint density at radius 3 is 2.37 bits per heavy atom. The van der Waals surface area contributed by atoms with Crippen LogP contribution in [0.2, 0.25) is 10.0 Å². The molecule has 0 spiro atoms. The summed E-state index contributed by atoms with van der Waals surface area (Å²) in [7, 11) is -3.03. The zero-order valence-corrected chi connectivity index (χ0v) is 16.9. The summed E-state index contributed by atoms with van der Waals surface area (Å²) < 4.78 is 23.5. The molecular weight excluding hydrogens is 407 g/mol. The van der Waals surface area contributed by atoms with Crippen LogP contribution >= 0.6 is 23.2 Å². The van der Waals surface area contributed by atoms with Crippen LogP contribution in [0.5, 0.6) is 0 Å². The largest absolute Gasteiger partial charge is 0.350 e. The molecular formula is C19H20Cl2N2O3S. The van der Waals surface area contributed by atoms with E-state index in [1.165, 1.54) is 0 Å². The molecule has 3 rings (SSSR count). The van der Waals surface area contributed by atoms with Gasteiger partial charge in [-0.1, -0.05) is 59.6 Å². The van der Waals surface area contributed by atoms with E-state index in [0.29, 0.717) is 23.1 Å². The van der Waals surface area contributed by atoms with Crippen molar-refractivity contribution < 1.29 is 13.2 Å². The number of carbonyl (C=O) groups excluding carboxylic acids is 1. The van der Waals surface area contributed by atoms with E-state index in [9.17, 15) is 13.2 Å². The minimum absolute atomic E-state index is 0.0621. The molecule has 1 heterocycles. The first-order chi connectivity index (χ1) is 12.9. The van der Waals surface area contributed by atoms with Crippen molar-refractivity contribution in [3.05, 3.63) is 69.7 Å². The third-order valence-electron chi connectivity index (χ3n) is 4.58. The summed E-state index contributed by atoms with van der Waals surface area (Å²) in [6.07, 6.45) is 0.